The summed E-state index contributed by atoms with van der Waals surface area (Å²) < 4.78 is 16.1. The van der Waals surface area contributed by atoms with Crippen LogP contribution in [0.5, 0.6) is 0 Å². The predicted molar refractivity (Wildman–Crippen MR) is 112 cm³/mol. The minimum absolute atomic E-state index is 0.260. The summed E-state index contributed by atoms with van der Waals surface area (Å²) in [5, 5.41) is 4.72. The number of piperidine rings is 1. The molecule has 2 aromatic heterocycles. The zero-order chi connectivity index (χ0) is 19.6. The van der Waals surface area contributed by atoms with E-state index in [2.05, 4.69) is 46.3 Å². The van der Waals surface area contributed by atoms with Gasteiger partial charge in [-0.2, -0.15) is 5.10 Å². The van der Waals surface area contributed by atoms with Gasteiger partial charge in [-0.25, -0.2) is 13.9 Å². The molecule has 0 amide bonds. The standard InChI is InChI=1S/C24H23FN4/c25-21-11-5-4-10-20(21)22-15-24-26-13-12-23(29(24)27-22)19-9-6-14-28(17-19)16-18-7-2-1-3-8-18/h1-5,7-8,10-13,15,19H,6,9,14,16-17H2. The third kappa shape index (κ3) is 3.66. The highest BCUT2D eigenvalue weighted by Crippen LogP contribution is 2.29. The fourth-order valence-electron chi connectivity index (χ4n) is 4.31. The Labute approximate surface area is 169 Å². The molecule has 0 radical (unpaired) electrons. The summed E-state index contributed by atoms with van der Waals surface area (Å²) >= 11 is 0. The normalized spacial score (nSPS) is 17.6. The molecule has 0 aliphatic carbocycles. The number of aromatic nitrogens is 3. The molecule has 1 atom stereocenters. The fraction of sp³-hybridized carbons (Fsp3) is 0.250. The molecule has 5 heteroatoms. The Morgan fingerprint density at radius 2 is 1.83 bits per heavy atom. The number of fused-ring (bicyclic) bond motifs is 1. The SMILES string of the molecule is Fc1ccccc1-c1cc2nccc(C3CCCN(Cc4ccccc4)C3)n2n1. The molecule has 3 heterocycles. The molecule has 4 aromatic rings. The maximum Gasteiger partial charge on any atom is 0.155 e. The molecule has 146 valence electrons. The number of hydrogen-bond acceptors (Lipinski definition) is 3. The lowest BCUT2D eigenvalue weighted by molar-refractivity contribution is 0.197. The van der Waals surface area contributed by atoms with Crippen LogP contribution in [0.3, 0.4) is 0 Å². The second-order valence-electron chi connectivity index (χ2n) is 7.71. The number of nitrogens with zero attached hydrogens (tertiary/aromatic N) is 4. The van der Waals surface area contributed by atoms with Crippen LogP contribution >= 0.6 is 0 Å². The van der Waals surface area contributed by atoms with Crippen molar-refractivity contribution in [2.45, 2.75) is 25.3 Å². The van der Waals surface area contributed by atoms with Crippen LogP contribution in [0, 0.1) is 5.82 Å². The van der Waals surface area contributed by atoms with Gasteiger partial charge in [-0.05, 0) is 43.1 Å². The van der Waals surface area contributed by atoms with Crippen molar-refractivity contribution in [3.05, 3.63) is 90.0 Å². The Morgan fingerprint density at radius 3 is 2.69 bits per heavy atom. The Bertz CT molecular complexity index is 1120. The van der Waals surface area contributed by atoms with Gasteiger partial charge in [-0.1, -0.05) is 42.5 Å². The summed E-state index contributed by atoms with van der Waals surface area (Å²) in [6.07, 6.45) is 4.12. The third-order valence-corrected chi connectivity index (χ3v) is 5.71. The molecule has 0 bridgehead atoms. The second kappa shape index (κ2) is 7.76. The minimum Gasteiger partial charge on any atom is -0.298 e. The van der Waals surface area contributed by atoms with E-state index in [9.17, 15) is 4.39 Å². The molecule has 1 fully saturated rings. The van der Waals surface area contributed by atoms with Gasteiger partial charge < -0.3 is 0 Å². The lowest BCUT2D eigenvalue weighted by atomic mass is 9.94. The van der Waals surface area contributed by atoms with Gasteiger partial charge in [-0.15, -0.1) is 0 Å². The van der Waals surface area contributed by atoms with Crippen molar-refractivity contribution >= 4 is 5.65 Å². The first kappa shape index (κ1) is 18.0. The predicted octanol–water partition coefficient (Wildman–Crippen LogP) is 4.92. The van der Waals surface area contributed by atoms with Crippen LogP contribution in [0.2, 0.25) is 0 Å². The number of likely N-dealkylation sites (tertiary alicyclic amines) is 1. The summed E-state index contributed by atoms with van der Waals surface area (Å²) in [4.78, 5) is 6.97. The van der Waals surface area contributed by atoms with E-state index in [1.165, 1.54) is 11.6 Å². The molecule has 1 aliphatic heterocycles. The van der Waals surface area contributed by atoms with Crippen LogP contribution in [-0.2, 0) is 6.54 Å². The molecular weight excluding hydrogens is 363 g/mol. The zero-order valence-electron chi connectivity index (χ0n) is 16.2. The van der Waals surface area contributed by atoms with Gasteiger partial charge in [-0.3, -0.25) is 4.90 Å². The third-order valence-electron chi connectivity index (χ3n) is 5.71. The minimum atomic E-state index is -0.260. The molecule has 5 rings (SSSR count). The lowest BCUT2D eigenvalue weighted by Gasteiger charge is -2.33. The van der Waals surface area contributed by atoms with E-state index in [1.807, 2.05) is 22.8 Å². The fourth-order valence-corrected chi connectivity index (χ4v) is 4.31. The van der Waals surface area contributed by atoms with Crippen LogP contribution < -0.4 is 0 Å². The summed E-state index contributed by atoms with van der Waals surface area (Å²) in [7, 11) is 0. The van der Waals surface area contributed by atoms with Crippen molar-refractivity contribution in [1.29, 1.82) is 0 Å². The molecule has 2 aromatic carbocycles. The Kier molecular flexibility index (Phi) is 4.82. The summed E-state index contributed by atoms with van der Waals surface area (Å²) in [5.41, 5.74) is 4.39. The molecule has 29 heavy (non-hydrogen) atoms. The van der Waals surface area contributed by atoms with E-state index in [1.54, 1.807) is 12.1 Å². The Hall–Kier alpha value is -3.05. The van der Waals surface area contributed by atoms with E-state index in [0.717, 1.165) is 43.8 Å². The Morgan fingerprint density at radius 1 is 1.00 bits per heavy atom. The number of benzene rings is 2. The Balaban J connectivity index is 1.44. The van der Waals surface area contributed by atoms with Crippen molar-refractivity contribution < 1.29 is 4.39 Å². The summed E-state index contributed by atoms with van der Waals surface area (Å²) in [5.74, 6) is 0.121. The maximum absolute atomic E-state index is 14.2. The summed E-state index contributed by atoms with van der Waals surface area (Å²) in [6.45, 7) is 3.06. The molecule has 0 N–H and O–H groups in total. The van der Waals surface area contributed by atoms with Gasteiger partial charge in [0.2, 0.25) is 0 Å². The monoisotopic (exact) mass is 386 g/mol. The van der Waals surface area contributed by atoms with Crippen molar-refractivity contribution in [3.8, 4) is 11.3 Å². The van der Waals surface area contributed by atoms with Gasteiger partial charge >= 0.3 is 0 Å². The number of hydrogen-bond donors (Lipinski definition) is 0. The second-order valence-corrected chi connectivity index (χ2v) is 7.71. The van der Waals surface area contributed by atoms with Crippen molar-refractivity contribution in [2.75, 3.05) is 13.1 Å². The van der Waals surface area contributed by atoms with E-state index in [4.69, 9.17) is 5.10 Å². The average Bonchev–Trinajstić information content (AvgIpc) is 3.19. The molecule has 0 saturated carbocycles. The van der Waals surface area contributed by atoms with Gasteiger partial charge in [0.1, 0.15) is 5.82 Å². The molecule has 0 spiro atoms. The first-order valence-corrected chi connectivity index (χ1v) is 10.1. The van der Waals surface area contributed by atoms with E-state index >= 15 is 0 Å². The van der Waals surface area contributed by atoms with Gasteiger partial charge in [0.25, 0.3) is 0 Å². The van der Waals surface area contributed by atoms with E-state index < -0.39 is 0 Å². The smallest absolute Gasteiger partial charge is 0.155 e. The van der Waals surface area contributed by atoms with Crippen molar-refractivity contribution in [3.63, 3.8) is 0 Å². The number of rotatable bonds is 4. The van der Waals surface area contributed by atoms with E-state index in [-0.39, 0.29) is 5.82 Å². The van der Waals surface area contributed by atoms with Crippen LogP contribution in [-0.4, -0.2) is 32.6 Å². The quantitative estimate of drug-likeness (QED) is 0.499. The maximum atomic E-state index is 14.2. The topological polar surface area (TPSA) is 33.4 Å². The van der Waals surface area contributed by atoms with Gasteiger partial charge in [0.15, 0.2) is 5.65 Å². The highest BCUT2D eigenvalue weighted by Gasteiger charge is 2.24. The van der Waals surface area contributed by atoms with Crippen LogP contribution in [0.4, 0.5) is 4.39 Å². The summed E-state index contributed by atoms with van der Waals surface area (Å²) in [6, 6.07) is 21.3. The number of halogens is 1. The van der Waals surface area contributed by atoms with Crippen LogP contribution in [0.1, 0.15) is 30.0 Å². The highest BCUT2D eigenvalue weighted by atomic mass is 19.1. The lowest BCUT2D eigenvalue weighted by Crippen LogP contribution is -2.34. The van der Waals surface area contributed by atoms with Gasteiger partial charge in [0.05, 0.1) is 11.4 Å². The van der Waals surface area contributed by atoms with Gasteiger partial charge in [0, 0.05) is 36.8 Å². The van der Waals surface area contributed by atoms with Crippen molar-refractivity contribution in [2.24, 2.45) is 0 Å². The zero-order valence-corrected chi connectivity index (χ0v) is 16.2. The van der Waals surface area contributed by atoms with Crippen LogP contribution in [0.15, 0.2) is 72.9 Å². The molecule has 1 saturated heterocycles. The first-order valence-electron chi connectivity index (χ1n) is 10.1. The molecular formula is C24H23FN4. The average molecular weight is 386 g/mol. The highest BCUT2D eigenvalue weighted by molar-refractivity contribution is 5.64. The van der Waals surface area contributed by atoms with Crippen LogP contribution in [0.25, 0.3) is 16.9 Å². The molecule has 1 unspecified atom stereocenters. The van der Waals surface area contributed by atoms with E-state index in [0.29, 0.717) is 17.2 Å². The molecule has 1 aliphatic rings. The first-order chi connectivity index (χ1) is 14.3. The molecule has 4 nitrogen and oxygen atoms in total. The van der Waals surface area contributed by atoms with Crippen molar-refractivity contribution in [1.82, 2.24) is 19.5 Å². The largest absolute Gasteiger partial charge is 0.298 e.